The number of rotatable bonds is 4. The number of hydrogen-bond donors (Lipinski definition) is 0. The average Bonchev–Trinajstić information content (AvgIpc) is 2.57. The maximum absolute atomic E-state index is 13.2. The number of nitrogens with zero attached hydrogens (tertiary/aromatic N) is 1. The van der Waals surface area contributed by atoms with Gasteiger partial charge in [-0.25, -0.2) is 13.4 Å². The Kier molecular flexibility index (Phi) is 5.18. The van der Waals surface area contributed by atoms with Crippen molar-refractivity contribution in [2.24, 2.45) is 0 Å². The fraction of sp³-hybridized carbons (Fsp3) is 0.105. The Morgan fingerprint density at radius 3 is 2.24 bits per heavy atom. The molecule has 3 aromatic rings. The zero-order valence-electron chi connectivity index (χ0n) is 13.7. The van der Waals surface area contributed by atoms with Crippen LogP contribution < -0.4 is 0 Å². The zero-order chi connectivity index (χ0) is 18.0. The van der Waals surface area contributed by atoms with Crippen LogP contribution in [0, 0.1) is 13.8 Å². The van der Waals surface area contributed by atoms with E-state index in [1.807, 2.05) is 19.1 Å². The average molecular weight is 390 g/mol. The molecule has 0 unspecified atom stereocenters. The van der Waals surface area contributed by atoms with Crippen LogP contribution in [0.15, 0.2) is 80.4 Å². The van der Waals surface area contributed by atoms with Gasteiger partial charge in [0.05, 0.1) is 4.90 Å². The molecule has 0 aliphatic rings. The summed E-state index contributed by atoms with van der Waals surface area (Å²) >= 11 is 7.25. The first-order chi connectivity index (χ1) is 11.9. The Morgan fingerprint density at radius 2 is 1.60 bits per heavy atom. The lowest BCUT2D eigenvalue weighted by Gasteiger charge is -2.13. The second-order valence-electron chi connectivity index (χ2n) is 5.59. The maximum Gasteiger partial charge on any atom is 0.209 e. The quantitative estimate of drug-likeness (QED) is 0.604. The molecule has 0 aliphatic heterocycles. The summed E-state index contributed by atoms with van der Waals surface area (Å²) in [6.07, 6.45) is 0. The molecule has 25 heavy (non-hydrogen) atoms. The van der Waals surface area contributed by atoms with E-state index in [2.05, 4.69) is 4.98 Å². The summed E-state index contributed by atoms with van der Waals surface area (Å²) in [5, 5.41) is 1.11. The molecule has 0 fully saturated rings. The van der Waals surface area contributed by atoms with Crippen LogP contribution in [0.2, 0.25) is 5.02 Å². The van der Waals surface area contributed by atoms with Gasteiger partial charge in [-0.1, -0.05) is 41.6 Å². The second-order valence-corrected chi connectivity index (χ2v) is 8.97. The highest BCUT2D eigenvalue weighted by molar-refractivity contribution is 8.00. The van der Waals surface area contributed by atoms with Gasteiger partial charge >= 0.3 is 0 Å². The van der Waals surface area contributed by atoms with Crippen molar-refractivity contribution >= 4 is 33.2 Å². The van der Waals surface area contributed by atoms with Crippen molar-refractivity contribution in [1.29, 1.82) is 0 Å². The Bertz CT molecular complexity index is 1000. The van der Waals surface area contributed by atoms with Gasteiger partial charge in [-0.2, -0.15) is 0 Å². The van der Waals surface area contributed by atoms with Crippen molar-refractivity contribution in [3.05, 3.63) is 76.9 Å². The van der Waals surface area contributed by atoms with Crippen molar-refractivity contribution in [3.63, 3.8) is 0 Å². The number of benzene rings is 2. The van der Waals surface area contributed by atoms with Crippen molar-refractivity contribution in [1.82, 2.24) is 4.98 Å². The molecule has 0 saturated carbocycles. The topological polar surface area (TPSA) is 47.0 Å². The van der Waals surface area contributed by atoms with Gasteiger partial charge in [0, 0.05) is 15.6 Å². The summed E-state index contributed by atoms with van der Waals surface area (Å²) in [7, 11) is -3.65. The Hall–Kier alpha value is -1.82. The Balaban J connectivity index is 2.15. The molecule has 0 saturated heterocycles. The van der Waals surface area contributed by atoms with Gasteiger partial charge in [-0.15, -0.1) is 0 Å². The minimum absolute atomic E-state index is 0.254. The van der Waals surface area contributed by atoms with Crippen LogP contribution >= 0.6 is 23.4 Å². The summed E-state index contributed by atoms with van der Waals surface area (Å²) in [6, 6.07) is 17.5. The van der Waals surface area contributed by atoms with Crippen molar-refractivity contribution < 1.29 is 8.42 Å². The first-order valence-electron chi connectivity index (χ1n) is 7.60. The molecule has 3 rings (SSSR count). The van der Waals surface area contributed by atoms with Crippen LogP contribution in [0.3, 0.4) is 0 Å². The monoisotopic (exact) mass is 389 g/mol. The van der Waals surface area contributed by atoms with Gasteiger partial charge in [0.15, 0.2) is 0 Å². The molecule has 0 bridgehead atoms. The van der Waals surface area contributed by atoms with Crippen LogP contribution in [-0.4, -0.2) is 13.4 Å². The lowest BCUT2D eigenvalue weighted by Crippen LogP contribution is -2.08. The summed E-state index contributed by atoms with van der Waals surface area (Å²) in [5.74, 6) is 0. The summed E-state index contributed by atoms with van der Waals surface area (Å²) in [6.45, 7) is 3.66. The molecule has 0 spiro atoms. The lowest BCUT2D eigenvalue weighted by atomic mass is 10.2. The summed E-state index contributed by atoms with van der Waals surface area (Å²) in [5.41, 5.74) is 1.47. The predicted molar refractivity (Wildman–Crippen MR) is 101 cm³/mol. The van der Waals surface area contributed by atoms with Gasteiger partial charge in [0.2, 0.25) is 9.84 Å². The zero-order valence-corrected chi connectivity index (χ0v) is 16.1. The molecule has 1 heterocycles. The Morgan fingerprint density at radius 1 is 0.960 bits per heavy atom. The van der Waals surface area contributed by atoms with E-state index >= 15 is 0 Å². The van der Waals surface area contributed by atoms with E-state index in [-0.39, 0.29) is 9.79 Å². The third kappa shape index (κ3) is 3.89. The molecule has 0 radical (unpaired) electrons. The van der Waals surface area contributed by atoms with Crippen LogP contribution in [-0.2, 0) is 9.84 Å². The van der Waals surface area contributed by atoms with E-state index in [4.69, 9.17) is 11.6 Å². The highest BCUT2D eigenvalue weighted by atomic mass is 35.5. The van der Waals surface area contributed by atoms with Gasteiger partial charge in [-0.05, 0) is 61.9 Å². The molecular weight excluding hydrogens is 374 g/mol. The number of sulfone groups is 1. The molecule has 0 N–H and O–H groups in total. The normalized spacial score (nSPS) is 11.5. The first kappa shape index (κ1) is 18.0. The molecule has 128 valence electrons. The molecule has 0 atom stereocenters. The number of hydrogen-bond acceptors (Lipinski definition) is 4. The molecule has 3 nitrogen and oxygen atoms in total. The SMILES string of the molecule is Cc1cc(C)c(S(=O)(=O)c2ccccc2)c(Sc2ccc(Cl)cc2)n1. The lowest BCUT2D eigenvalue weighted by molar-refractivity contribution is 0.592. The highest BCUT2D eigenvalue weighted by Crippen LogP contribution is 2.36. The smallest absolute Gasteiger partial charge is 0.209 e. The number of aromatic nitrogens is 1. The van der Waals surface area contributed by atoms with Crippen molar-refractivity contribution in [2.45, 2.75) is 33.6 Å². The van der Waals surface area contributed by atoms with Gasteiger partial charge in [-0.3, -0.25) is 0 Å². The van der Waals surface area contributed by atoms with E-state index in [0.717, 1.165) is 10.6 Å². The van der Waals surface area contributed by atoms with Gasteiger partial charge in [0.25, 0.3) is 0 Å². The molecule has 2 aromatic carbocycles. The third-order valence-corrected chi connectivity index (χ3v) is 6.93. The molecular formula is C19H16ClNO2S2. The van der Waals surface area contributed by atoms with Crippen molar-refractivity contribution in [3.8, 4) is 0 Å². The third-order valence-electron chi connectivity index (χ3n) is 3.61. The minimum atomic E-state index is -3.65. The van der Waals surface area contributed by atoms with Crippen molar-refractivity contribution in [2.75, 3.05) is 0 Å². The van der Waals surface area contributed by atoms with Crippen LogP contribution in [0.4, 0.5) is 0 Å². The highest BCUT2D eigenvalue weighted by Gasteiger charge is 2.25. The summed E-state index contributed by atoms with van der Waals surface area (Å²) in [4.78, 5) is 5.89. The number of halogens is 1. The van der Waals surface area contributed by atoms with Gasteiger partial charge < -0.3 is 0 Å². The molecule has 6 heteroatoms. The minimum Gasteiger partial charge on any atom is -0.245 e. The maximum atomic E-state index is 13.2. The second kappa shape index (κ2) is 7.20. The van der Waals surface area contributed by atoms with Crippen LogP contribution in [0.25, 0.3) is 0 Å². The van der Waals surface area contributed by atoms with E-state index in [1.54, 1.807) is 55.5 Å². The van der Waals surface area contributed by atoms with E-state index in [9.17, 15) is 8.42 Å². The first-order valence-corrected chi connectivity index (χ1v) is 10.3. The van der Waals surface area contributed by atoms with Gasteiger partial charge in [0.1, 0.15) is 9.92 Å². The van der Waals surface area contributed by atoms with Crippen LogP contribution in [0.1, 0.15) is 11.3 Å². The van der Waals surface area contributed by atoms with E-state index in [0.29, 0.717) is 15.6 Å². The molecule has 0 amide bonds. The Labute approximate surface area is 157 Å². The van der Waals surface area contributed by atoms with Crippen LogP contribution in [0.5, 0.6) is 0 Å². The van der Waals surface area contributed by atoms with E-state index in [1.165, 1.54) is 11.8 Å². The largest absolute Gasteiger partial charge is 0.245 e. The van der Waals surface area contributed by atoms with E-state index < -0.39 is 9.84 Å². The standard InChI is InChI=1S/C19H16ClNO2S2/c1-13-12-14(2)21-19(24-16-10-8-15(20)9-11-16)18(13)25(22,23)17-6-4-3-5-7-17/h3-12H,1-2H3. The molecule has 1 aromatic heterocycles. The fourth-order valence-electron chi connectivity index (χ4n) is 2.52. The predicted octanol–water partition coefficient (Wildman–Crippen LogP) is 5.34. The molecule has 0 aliphatic carbocycles. The summed E-state index contributed by atoms with van der Waals surface area (Å²) < 4.78 is 26.3. The fourth-order valence-corrected chi connectivity index (χ4v) is 5.55. The number of aryl methyl sites for hydroxylation is 2. The number of pyridine rings is 1.